The molecule has 3 nitrogen and oxygen atoms in total. The molecule has 0 amide bonds. The molecule has 0 aliphatic heterocycles. The van der Waals surface area contributed by atoms with Crippen molar-refractivity contribution in [1.29, 1.82) is 0 Å². The van der Waals surface area contributed by atoms with Crippen LogP contribution in [0.1, 0.15) is 21.5 Å². The highest BCUT2D eigenvalue weighted by atomic mass is 16.5. The van der Waals surface area contributed by atoms with Crippen LogP contribution in [0.4, 0.5) is 0 Å². The molecule has 18 heavy (non-hydrogen) atoms. The van der Waals surface area contributed by atoms with Crippen LogP contribution in [0.25, 0.3) is 0 Å². The van der Waals surface area contributed by atoms with Crippen LogP contribution in [0.15, 0.2) is 48.8 Å². The number of carbonyl (C=O) groups is 1. The molecule has 2 aromatic rings. The monoisotopic (exact) mass is 237 g/mol. The van der Waals surface area contributed by atoms with E-state index in [-0.39, 0.29) is 0 Å². The van der Waals surface area contributed by atoms with Crippen LogP contribution in [0.2, 0.25) is 0 Å². The maximum absolute atomic E-state index is 11.7. The summed E-state index contributed by atoms with van der Waals surface area (Å²) in [6.45, 7) is 1.85. The second-order valence-electron chi connectivity index (χ2n) is 3.67. The van der Waals surface area contributed by atoms with Crippen molar-refractivity contribution < 1.29 is 9.53 Å². The SMILES string of the molecule is Cc1ccccc1C(=O)OC#Cc1ccncc1. The summed E-state index contributed by atoms with van der Waals surface area (Å²) in [7, 11) is 0. The number of carbonyl (C=O) groups excluding carboxylic acids is 1. The number of nitrogens with zero attached hydrogens (tertiary/aromatic N) is 1. The van der Waals surface area contributed by atoms with Gasteiger partial charge in [0, 0.05) is 18.0 Å². The van der Waals surface area contributed by atoms with Gasteiger partial charge in [-0.1, -0.05) is 18.2 Å². The molecule has 1 aromatic heterocycles. The fraction of sp³-hybridized carbons (Fsp3) is 0.0667. The minimum absolute atomic E-state index is 0.436. The summed E-state index contributed by atoms with van der Waals surface area (Å²) in [5.74, 6) is 2.30. The average molecular weight is 237 g/mol. The predicted octanol–water partition coefficient (Wildman–Crippen LogP) is 2.56. The molecule has 0 spiro atoms. The van der Waals surface area contributed by atoms with E-state index in [4.69, 9.17) is 4.74 Å². The summed E-state index contributed by atoms with van der Waals surface area (Å²) >= 11 is 0. The Hall–Kier alpha value is -2.60. The fourth-order valence-corrected chi connectivity index (χ4v) is 1.42. The zero-order valence-electron chi connectivity index (χ0n) is 9.88. The number of hydrogen-bond donors (Lipinski definition) is 0. The van der Waals surface area contributed by atoms with E-state index in [9.17, 15) is 4.79 Å². The van der Waals surface area contributed by atoms with Crippen molar-refractivity contribution in [3.05, 3.63) is 65.5 Å². The van der Waals surface area contributed by atoms with Gasteiger partial charge < -0.3 is 4.74 Å². The Morgan fingerprint density at radius 2 is 1.89 bits per heavy atom. The molecule has 2 rings (SSSR count). The molecule has 0 N–H and O–H groups in total. The third kappa shape index (κ3) is 2.96. The highest BCUT2D eigenvalue weighted by Crippen LogP contribution is 2.08. The van der Waals surface area contributed by atoms with Crippen LogP contribution in [0.5, 0.6) is 0 Å². The third-order valence-corrected chi connectivity index (χ3v) is 2.38. The number of aromatic nitrogens is 1. The first-order valence-electron chi connectivity index (χ1n) is 5.45. The van der Waals surface area contributed by atoms with E-state index < -0.39 is 5.97 Å². The fourth-order valence-electron chi connectivity index (χ4n) is 1.42. The molecular weight excluding hydrogens is 226 g/mol. The van der Waals surface area contributed by atoms with Gasteiger partial charge in [-0.15, -0.1) is 0 Å². The summed E-state index contributed by atoms with van der Waals surface area (Å²) in [5, 5.41) is 0. The van der Waals surface area contributed by atoms with Gasteiger partial charge >= 0.3 is 5.97 Å². The van der Waals surface area contributed by atoms with Gasteiger partial charge in [0.05, 0.1) is 5.56 Å². The first-order valence-corrected chi connectivity index (χ1v) is 5.45. The van der Waals surface area contributed by atoms with Gasteiger partial charge in [-0.05, 0) is 36.6 Å². The summed E-state index contributed by atoms with van der Waals surface area (Å²) in [4.78, 5) is 15.6. The van der Waals surface area contributed by atoms with E-state index >= 15 is 0 Å². The maximum Gasteiger partial charge on any atom is 0.352 e. The topological polar surface area (TPSA) is 39.2 Å². The lowest BCUT2D eigenvalue weighted by molar-refractivity contribution is 0.0690. The first-order chi connectivity index (χ1) is 8.77. The van der Waals surface area contributed by atoms with Crippen molar-refractivity contribution in [3.63, 3.8) is 0 Å². The molecule has 0 saturated carbocycles. The Bertz CT molecular complexity index is 609. The molecule has 1 aromatic carbocycles. The molecule has 0 atom stereocenters. The molecule has 0 fully saturated rings. The molecule has 3 heteroatoms. The Labute approximate surface area is 105 Å². The van der Waals surface area contributed by atoms with E-state index in [1.54, 1.807) is 36.7 Å². The van der Waals surface area contributed by atoms with Crippen LogP contribution >= 0.6 is 0 Å². The third-order valence-electron chi connectivity index (χ3n) is 2.38. The van der Waals surface area contributed by atoms with Crippen LogP contribution in [-0.2, 0) is 4.74 Å². The molecule has 0 aliphatic carbocycles. The number of pyridine rings is 1. The van der Waals surface area contributed by atoms with E-state index in [2.05, 4.69) is 17.0 Å². The van der Waals surface area contributed by atoms with Crippen molar-refractivity contribution in [2.45, 2.75) is 6.92 Å². The smallest absolute Gasteiger partial charge is 0.352 e. The van der Waals surface area contributed by atoms with Crippen molar-refractivity contribution in [1.82, 2.24) is 4.98 Å². The largest absolute Gasteiger partial charge is 0.368 e. The predicted molar refractivity (Wildman–Crippen MR) is 67.7 cm³/mol. The number of aryl methyl sites for hydroxylation is 1. The highest BCUT2D eigenvalue weighted by molar-refractivity contribution is 5.91. The van der Waals surface area contributed by atoms with Gasteiger partial charge in [0.1, 0.15) is 6.11 Å². The lowest BCUT2D eigenvalue weighted by atomic mass is 10.1. The normalized spacial score (nSPS) is 9.17. The number of rotatable bonds is 1. The van der Waals surface area contributed by atoms with Crippen molar-refractivity contribution in [3.8, 4) is 12.0 Å². The molecular formula is C15H11NO2. The first kappa shape index (κ1) is 11.9. The van der Waals surface area contributed by atoms with Crippen molar-refractivity contribution in [2.24, 2.45) is 0 Å². The van der Waals surface area contributed by atoms with Crippen molar-refractivity contribution in [2.75, 3.05) is 0 Å². The summed E-state index contributed by atoms with van der Waals surface area (Å²) in [6, 6.07) is 10.7. The van der Waals surface area contributed by atoms with Gasteiger partial charge in [-0.2, -0.15) is 0 Å². The quantitative estimate of drug-likeness (QED) is 0.565. The molecule has 0 unspecified atom stereocenters. The second-order valence-corrected chi connectivity index (χ2v) is 3.67. The van der Waals surface area contributed by atoms with E-state index in [0.717, 1.165) is 11.1 Å². The van der Waals surface area contributed by atoms with Gasteiger partial charge in [0.2, 0.25) is 0 Å². The lowest BCUT2D eigenvalue weighted by Crippen LogP contribution is -2.02. The Balaban J connectivity index is 2.06. The van der Waals surface area contributed by atoms with Gasteiger partial charge in [0.25, 0.3) is 0 Å². The van der Waals surface area contributed by atoms with E-state index in [1.807, 2.05) is 19.1 Å². The lowest BCUT2D eigenvalue weighted by Gasteiger charge is -2.00. The summed E-state index contributed by atoms with van der Waals surface area (Å²) in [5.41, 5.74) is 2.15. The van der Waals surface area contributed by atoms with Crippen LogP contribution < -0.4 is 0 Å². The number of ether oxygens (including phenoxy) is 1. The second kappa shape index (κ2) is 5.65. The number of hydrogen-bond acceptors (Lipinski definition) is 3. The molecule has 88 valence electrons. The highest BCUT2D eigenvalue weighted by Gasteiger charge is 2.07. The van der Waals surface area contributed by atoms with E-state index in [0.29, 0.717) is 5.56 Å². The van der Waals surface area contributed by atoms with Crippen molar-refractivity contribution >= 4 is 5.97 Å². The molecule has 0 radical (unpaired) electrons. The zero-order valence-corrected chi connectivity index (χ0v) is 9.88. The minimum Gasteiger partial charge on any atom is -0.368 e. The molecule has 0 saturated heterocycles. The maximum atomic E-state index is 11.7. The van der Waals surface area contributed by atoms with Crippen LogP contribution in [-0.4, -0.2) is 11.0 Å². The molecule has 0 aliphatic rings. The summed E-state index contributed by atoms with van der Waals surface area (Å²) < 4.78 is 4.89. The van der Waals surface area contributed by atoms with E-state index in [1.165, 1.54) is 0 Å². The van der Waals surface area contributed by atoms with Crippen LogP contribution in [0, 0.1) is 19.0 Å². The zero-order chi connectivity index (χ0) is 12.8. The Morgan fingerprint density at radius 3 is 2.61 bits per heavy atom. The van der Waals surface area contributed by atoms with Crippen LogP contribution in [0.3, 0.4) is 0 Å². The minimum atomic E-state index is -0.436. The van der Waals surface area contributed by atoms with Gasteiger partial charge in [-0.25, -0.2) is 4.79 Å². The Morgan fingerprint density at radius 1 is 1.17 bits per heavy atom. The summed E-state index contributed by atoms with van der Waals surface area (Å²) in [6.07, 6.45) is 5.66. The molecule has 1 heterocycles. The van der Waals surface area contributed by atoms with Gasteiger partial charge in [0.15, 0.2) is 0 Å². The Kier molecular flexibility index (Phi) is 3.72. The van der Waals surface area contributed by atoms with Gasteiger partial charge in [-0.3, -0.25) is 4.98 Å². The molecule has 0 bridgehead atoms. The standard InChI is InChI=1S/C15H11NO2/c1-12-4-2-3-5-14(12)15(17)18-11-8-13-6-9-16-10-7-13/h2-7,9-10H,1H3. The average Bonchev–Trinajstić information content (AvgIpc) is 2.40. The number of esters is 1. The number of benzene rings is 1.